The van der Waals surface area contributed by atoms with E-state index in [1.54, 1.807) is 0 Å². The molecule has 26 heavy (non-hydrogen) atoms. The fourth-order valence-corrected chi connectivity index (χ4v) is 2.73. The number of amides is 1. The summed E-state index contributed by atoms with van der Waals surface area (Å²) in [6, 6.07) is 9.91. The largest absolute Gasteiger partial charge is 0.419 e. The van der Waals surface area contributed by atoms with Gasteiger partial charge >= 0.3 is 0 Å². The highest BCUT2D eigenvalue weighted by molar-refractivity contribution is 5.76. The molecule has 0 unspecified atom stereocenters. The first-order chi connectivity index (χ1) is 12.6. The summed E-state index contributed by atoms with van der Waals surface area (Å²) >= 11 is 0. The number of benzene rings is 1. The molecule has 2 heterocycles. The fourth-order valence-electron chi connectivity index (χ4n) is 2.73. The number of aromatic nitrogens is 4. The Morgan fingerprint density at radius 3 is 2.81 bits per heavy atom. The van der Waals surface area contributed by atoms with Crippen LogP contribution in [0.2, 0.25) is 0 Å². The molecule has 0 radical (unpaired) electrons. The molecule has 0 atom stereocenters. The molecule has 0 saturated heterocycles. The molecule has 0 bridgehead atoms. The lowest BCUT2D eigenvalue weighted by atomic mass is 10.1. The molecule has 3 rings (SSSR count). The molecule has 1 N–H and O–H groups in total. The van der Waals surface area contributed by atoms with Crippen molar-refractivity contribution in [1.82, 2.24) is 25.3 Å². The minimum atomic E-state index is -0.0394. The first-order valence-electron chi connectivity index (χ1n) is 8.75. The van der Waals surface area contributed by atoms with Crippen molar-refractivity contribution < 1.29 is 9.21 Å². The summed E-state index contributed by atoms with van der Waals surface area (Å²) in [6.07, 6.45) is 0.714. The van der Waals surface area contributed by atoms with Crippen molar-refractivity contribution in [1.29, 1.82) is 0 Å². The van der Waals surface area contributed by atoms with E-state index in [-0.39, 0.29) is 5.91 Å². The lowest BCUT2D eigenvalue weighted by molar-refractivity contribution is -0.121. The Balaban J connectivity index is 1.54. The Bertz CT molecular complexity index is 897. The zero-order chi connectivity index (χ0) is 18.5. The molecule has 1 aromatic carbocycles. The summed E-state index contributed by atoms with van der Waals surface area (Å²) in [4.78, 5) is 12.1. The second kappa shape index (κ2) is 7.95. The van der Waals surface area contributed by atoms with Crippen molar-refractivity contribution in [2.24, 2.45) is 0 Å². The summed E-state index contributed by atoms with van der Waals surface area (Å²) < 4.78 is 7.52. The van der Waals surface area contributed by atoms with Gasteiger partial charge in [0, 0.05) is 25.9 Å². The maximum Gasteiger partial charge on any atom is 0.265 e. The van der Waals surface area contributed by atoms with Gasteiger partial charge in [0.1, 0.15) is 5.69 Å². The van der Waals surface area contributed by atoms with Crippen LogP contribution in [0.4, 0.5) is 0 Å². The van der Waals surface area contributed by atoms with Crippen LogP contribution in [0.1, 0.15) is 36.1 Å². The van der Waals surface area contributed by atoms with Gasteiger partial charge in [-0.1, -0.05) is 24.3 Å². The number of hydrogen-bond acceptors (Lipinski definition) is 5. The molecule has 7 nitrogen and oxygen atoms in total. The van der Waals surface area contributed by atoms with Gasteiger partial charge in [-0.3, -0.25) is 9.48 Å². The Kier molecular flexibility index (Phi) is 5.46. The fraction of sp³-hybridized carbons (Fsp3) is 0.368. The summed E-state index contributed by atoms with van der Waals surface area (Å²) in [5.74, 6) is 0.845. The monoisotopic (exact) mass is 353 g/mol. The van der Waals surface area contributed by atoms with Gasteiger partial charge in [-0.15, -0.1) is 10.2 Å². The average Bonchev–Trinajstić information content (AvgIpc) is 3.25. The minimum Gasteiger partial charge on any atom is -0.419 e. The van der Waals surface area contributed by atoms with E-state index >= 15 is 0 Å². The van der Waals surface area contributed by atoms with Gasteiger partial charge in [0.25, 0.3) is 5.89 Å². The van der Waals surface area contributed by atoms with Crippen LogP contribution < -0.4 is 5.32 Å². The second-order valence-electron chi connectivity index (χ2n) is 6.19. The molecule has 0 fully saturated rings. The van der Waals surface area contributed by atoms with Gasteiger partial charge in [-0.25, -0.2) is 0 Å². The van der Waals surface area contributed by atoms with Crippen LogP contribution in [0.5, 0.6) is 0 Å². The number of carbonyl (C=O) groups is 1. The number of nitrogens with zero attached hydrogens (tertiary/aromatic N) is 4. The zero-order valence-corrected chi connectivity index (χ0v) is 15.3. The topological polar surface area (TPSA) is 85.8 Å². The zero-order valence-electron chi connectivity index (χ0n) is 15.3. The average molecular weight is 353 g/mol. The quantitative estimate of drug-likeness (QED) is 0.706. The van der Waals surface area contributed by atoms with Crippen molar-refractivity contribution in [3.05, 3.63) is 53.0 Å². The van der Waals surface area contributed by atoms with Crippen LogP contribution >= 0.6 is 0 Å². The Morgan fingerprint density at radius 1 is 1.23 bits per heavy atom. The first kappa shape index (κ1) is 17.8. The smallest absolute Gasteiger partial charge is 0.265 e. The third-order valence-electron chi connectivity index (χ3n) is 4.19. The molecule has 0 aliphatic rings. The van der Waals surface area contributed by atoms with E-state index in [9.17, 15) is 4.79 Å². The molecule has 0 aliphatic carbocycles. The van der Waals surface area contributed by atoms with E-state index < -0.39 is 0 Å². The SMILES string of the molecule is CCn1nc(C)cc1-c1nnc(CCC(=O)NCc2ccccc2C)o1. The van der Waals surface area contributed by atoms with Crippen LogP contribution in [-0.2, 0) is 24.3 Å². The molecule has 2 aromatic heterocycles. The van der Waals surface area contributed by atoms with E-state index in [2.05, 4.69) is 20.6 Å². The standard InChI is InChI=1S/C19H23N5O2/c1-4-24-16(11-14(3)23-24)19-22-21-18(26-19)10-9-17(25)20-12-15-8-6-5-7-13(15)2/h5-8,11H,4,9-10,12H2,1-3H3,(H,20,25). The maximum absolute atomic E-state index is 12.1. The summed E-state index contributed by atoms with van der Waals surface area (Å²) in [6.45, 7) is 7.21. The predicted octanol–water partition coefficient (Wildman–Crippen LogP) is 2.82. The minimum absolute atomic E-state index is 0.0394. The summed E-state index contributed by atoms with van der Waals surface area (Å²) in [5.41, 5.74) is 3.98. The van der Waals surface area contributed by atoms with Gasteiger partial charge in [-0.05, 0) is 38.0 Å². The van der Waals surface area contributed by atoms with Gasteiger partial charge in [0.05, 0.1) is 5.69 Å². The molecular formula is C19H23N5O2. The summed E-state index contributed by atoms with van der Waals surface area (Å²) in [7, 11) is 0. The van der Waals surface area contributed by atoms with Crippen molar-refractivity contribution >= 4 is 5.91 Å². The van der Waals surface area contributed by atoms with Crippen LogP contribution in [0, 0.1) is 13.8 Å². The third-order valence-corrected chi connectivity index (χ3v) is 4.19. The molecule has 1 amide bonds. The highest BCUT2D eigenvalue weighted by Crippen LogP contribution is 2.19. The molecular weight excluding hydrogens is 330 g/mol. The second-order valence-corrected chi connectivity index (χ2v) is 6.19. The Hall–Kier alpha value is -2.96. The number of nitrogens with one attached hydrogen (secondary N) is 1. The highest BCUT2D eigenvalue weighted by atomic mass is 16.4. The number of carbonyl (C=O) groups excluding carboxylic acids is 1. The van der Waals surface area contributed by atoms with Gasteiger partial charge in [-0.2, -0.15) is 5.10 Å². The van der Waals surface area contributed by atoms with Gasteiger partial charge in [0.15, 0.2) is 0 Å². The lowest BCUT2D eigenvalue weighted by Crippen LogP contribution is -2.23. The van der Waals surface area contributed by atoms with Gasteiger partial charge in [0.2, 0.25) is 11.8 Å². The molecule has 0 aliphatic heterocycles. The van der Waals surface area contributed by atoms with Crippen LogP contribution in [0.15, 0.2) is 34.7 Å². The number of rotatable bonds is 7. The van der Waals surface area contributed by atoms with Crippen LogP contribution in [-0.4, -0.2) is 25.9 Å². The molecule has 136 valence electrons. The van der Waals surface area contributed by atoms with Crippen LogP contribution in [0.3, 0.4) is 0 Å². The molecule has 0 saturated carbocycles. The van der Waals surface area contributed by atoms with E-state index in [1.165, 1.54) is 0 Å². The highest BCUT2D eigenvalue weighted by Gasteiger charge is 2.15. The Morgan fingerprint density at radius 2 is 2.04 bits per heavy atom. The van der Waals surface area contributed by atoms with E-state index in [4.69, 9.17) is 4.42 Å². The van der Waals surface area contributed by atoms with Crippen molar-refractivity contribution in [3.8, 4) is 11.6 Å². The number of aryl methyl sites for hydroxylation is 4. The van der Waals surface area contributed by atoms with Crippen molar-refractivity contribution in [2.45, 2.75) is 46.7 Å². The molecule has 3 aromatic rings. The Labute approximate surface area is 152 Å². The normalized spacial score (nSPS) is 10.9. The number of hydrogen-bond donors (Lipinski definition) is 1. The first-order valence-corrected chi connectivity index (χ1v) is 8.75. The van der Waals surface area contributed by atoms with E-state index in [1.807, 2.05) is 55.8 Å². The van der Waals surface area contributed by atoms with E-state index in [0.29, 0.717) is 31.2 Å². The predicted molar refractivity (Wildman–Crippen MR) is 97.3 cm³/mol. The van der Waals surface area contributed by atoms with Gasteiger partial charge < -0.3 is 9.73 Å². The maximum atomic E-state index is 12.1. The van der Waals surface area contributed by atoms with Crippen molar-refractivity contribution in [2.75, 3.05) is 0 Å². The molecule has 7 heteroatoms. The molecule has 0 spiro atoms. The lowest BCUT2D eigenvalue weighted by Gasteiger charge is -2.07. The van der Waals surface area contributed by atoms with E-state index in [0.717, 1.165) is 29.1 Å². The third kappa shape index (κ3) is 4.17. The van der Waals surface area contributed by atoms with Crippen LogP contribution in [0.25, 0.3) is 11.6 Å². The summed E-state index contributed by atoms with van der Waals surface area (Å²) in [5, 5.41) is 15.4. The van der Waals surface area contributed by atoms with Crippen molar-refractivity contribution in [3.63, 3.8) is 0 Å².